The van der Waals surface area contributed by atoms with Crippen LogP contribution in [0.2, 0.25) is 0 Å². The number of nitrogens with one attached hydrogen (secondary N) is 1. The van der Waals surface area contributed by atoms with Crippen LogP contribution in [0.15, 0.2) is 18.2 Å². The van der Waals surface area contributed by atoms with Crippen molar-refractivity contribution >= 4 is 0 Å². The number of methoxy groups -OCH3 is 1. The largest absolute Gasteiger partial charge is 0.494 e. The molecule has 1 aromatic carbocycles. The van der Waals surface area contributed by atoms with E-state index in [4.69, 9.17) is 10.6 Å². The highest BCUT2D eigenvalue weighted by Crippen LogP contribution is 2.57. The quantitative estimate of drug-likeness (QED) is 0.637. The molecular formula is C14H19FN2O. The summed E-state index contributed by atoms with van der Waals surface area (Å²) >= 11 is 0. The maximum atomic E-state index is 14.3. The summed E-state index contributed by atoms with van der Waals surface area (Å²) in [6.07, 6.45) is 3.68. The number of hydrogen-bond acceptors (Lipinski definition) is 3. The minimum absolute atomic E-state index is 0.104. The maximum absolute atomic E-state index is 14.3. The lowest BCUT2D eigenvalue weighted by Gasteiger charge is -2.25. The van der Waals surface area contributed by atoms with E-state index in [9.17, 15) is 4.39 Å². The minimum atomic E-state index is -0.288. The molecule has 3 N–H and O–H groups in total. The topological polar surface area (TPSA) is 47.3 Å². The highest BCUT2D eigenvalue weighted by Gasteiger charge is 2.48. The lowest BCUT2D eigenvalue weighted by atomic mass is 9.89. The molecule has 0 aromatic heterocycles. The molecule has 2 saturated carbocycles. The molecule has 3 rings (SSSR count). The SMILES string of the molecule is COc1cccc(C(NN)C2CC3CC3C2)c1F. The van der Waals surface area contributed by atoms with Crippen LogP contribution >= 0.6 is 0 Å². The Balaban J connectivity index is 1.86. The molecule has 0 heterocycles. The first-order chi connectivity index (χ1) is 8.74. The van der Waals surface area contributed by atoms with Gasteiger partial charge in [0.25, 0.3) is 0 Å². The minimum Gasteiger partial charge on any atom is -0.494 e. The van der Waals surface area contributed by atoms with Crippen LogP contribution in [0.5, 0.6) is 5.75 Å². The van der Waals surface area contributed by atoms with Gasteiger partial charge < -0.3 is 4.74 Å². The van der Waals surface area contributed by atoms with E-state index >= 15 is 0 Å². The van der Waals surface area contributed by atoms with E-state index in [1.54, 1.807) is 12.1 Å². The second-order valence-electron chi connectivity index (χ2n) is 5.50. The van der Waals surface area contributed by atoms with E-state index in [0.29, 0.717) is 11.5 Å². The third-order valence-electron chi connectivity index (χ3n) is 4.48. The van der Waals surface area contributed by atoms with Crippen LogP contribution in [0.25, 0.3) is 0 Å². The van der Waals surface area contributed by atoms with Gasteiger partial charge in [0.15, 0.2) is 11.6 Å². The first kappa shape index (κ1) is 11.9. The van der Waals surface area contributed by atoms with Gasteiger partial charge in [0, 0.05) is 5.56 Å². The van der Waals surface area contributed by atoms with Crippen molar-refractivity contribution in [3.8, 4) is 5.75 Å². The number of ether oxygens (including phenoxy) is 1. The Morgan fingerprint density at radius 1 is 1.33 bits per heavy atom. The predicted octanol–water partition coefficient (Wildman–Crippen LogP) is 2.38. The summed E-state index contributed by atoms with van der Waals surface area (Å²) in [4.78, 5) is 0. The van der Waals surface area contributed by atoms with Crippen LogP contribution < -0.4 is 16.0 Å². The van der Waals surface area contributed by atoms with Crippen LogP contribution in [0.1, 0.15) is 30.9 Å². The Hall–Kier alpha value is -1.13. The Labute approximate surface area is 106 Å². The van der Waals surface area contributed by atoms with E-state index in [1.165, 1.54) is 13.5 Å². The Kier molecular flexibility index (Phi) is 2.99. The van der Waals surface area contributed by atoms with Gasteiger partial charge in [-0.3, -0.25) is 11.3 Å². The van der Waals surface area contributed by atoms with Gasteiger partial charge in [-0.1, -0.05) is 12.1 Å². The molecule has 18 heavy (non-hydrogen) atoms. The van der Waals surface area contributed by atoms with Gasteiger partial charge in [0.05, 0.1) is 13.2 Å². The zero-order valence-corrected chi connectivity index (χ0v) is 10.5. The van der Waals surface area contributed by atoms with E-state index < -0.39 is 0 Å². The monoisotopic (exact) mass is 250 g/mol. The highest BCUT2D eigenvalue weighted by molar-refractivity contribution is 5.33. The second kappa shape index (κ2) is 4.52. The van der Waals surface area contributed by atoms with Crippen LogP contribution in [-0.2, 0) is 0 Å². The van der Waals surface area contributed by atoms with Gasteiger partial charge in [-0.15, -0.1) is 0 Å². The van der Waals surface area contributed by atoms with Gasteiger partial charge in [-0.2, -0.15) is 0 Å². The van der Waals surface area contributed by atoms with E-state index in [1.807, 2.05) is 6.07 Å². The molecule has 2 aliphatic rings. The lowest BCUT2D eigenvalue weighted by Crippen LogP contribution is -2.33. The van der Waals surface area contributed by atoms with Crippen molar-refractivity contribution in [3.05, 3.63) is 29.6 Å². The molecule has 0 amide bonds. The first-order valence-electron chi connectivity index (χ1n) is 6.53. The van der Waals surface area contributed by atoms with Crippen molar-refractivity contribution in [1.29, 1.82) is 0 Å². The smallest absolute Gasteiger partial charge is 0.169 e. The van der Waals surface area contributed by atoms with Gasteiger partial charge in [0.2, 0.25) is 0 Å². The number of rotatable bonds is 4. The standard InChI is InChI=1S/C14H19FN2O/c1-18-12-4-2-3-11(13(12)15)14(17-16)10-6-8-5-9(8)7-10/h2-4,8-10,14,17H,5-7,16H2,1H3. The molecule has 3 atom stereocenters. The van der Waals surface area contributed by atoms with Crippen LogP contribution in [-0.4, -0.2) is 7.11 Å². The molecule has 3 unspecified atom stereocenters. The summed E-state index contributed by atoms with van der Waals surface area (Å²) in [5.41, 5.74) is 3.43. The average Bonchev–Trinajstić information content (AvgIpc) is 3.00. The van der Waals surface area contributed by atoms with Crippen molar-refractivity contribution < 1.29 is 9.13 Å². The van der Waals surface area contributed by atoms with Crippen molar-refractivity contribution in [1.82, 2.24) is 5.43 Å². The van der Waals surface area contributed by atoms with Crippen molar-refractivity contribution in [3.63, 3.8) is 0 Å². The van der Waals surface area contributed by atoms with Gasteiger partial charge in [0.1, 0.15) is 0 Å². The summed E-state index contributed by atoms with van der Waals surface area (Å²) in [6, 6.07) is 5.15. The fraction of sp³-hybridized carbons (Fsp3) is 0.571. The number of fused-ring (bicyclic) bond motifs is 1. The number of hydrogen-bond donors (Lipinski definition) is 2. The van der Waals surface area contributed by atoms with Gasteiger partial charge in [-0.25, -0.2) is 4.39 Å². The van der Waals surface area contributed by atoms with E-state index in [-0.39, 0.29) is 17.6 Å². The molecule has 0 saturated heterocycles. The van der Waals surface area contributed by atoms with Crippen molar-refractivity contribution in [2.75, 3.05) is 7.11 Å². The Bertz CT molecular complexity index is 441. The molecule has 0 aliphatic heterocycles. The second-order valence-corrected chi connectivity index (χ2v) is 5.50. The molecule has 0 bridgehead atoms. The number of hydrazine groups is 1. The summed E-state index contributed by atoms with van der Waals surface area (Å²) in [5, 5.41) is 0. The zero-order valence-electron chi connectivity index (χ0n) is 10.5. The lowest BCUT2D eigenvalue weighted by molar-refractivity contribution is 0.328. The number of halogens is 1. The van der Waals surface area contributed by atoms with E-state index in [0.717, 1.165) is 24.7 Å². The van der Waals surface area contributed by atoms with Crippen LogP contribution in [0.4, 0.5) is 4.39 Å². The van der Waals surface area contributed by atoms with Gasteiger partial charge >= 0.3 is 0 Å². The third kappa shape index (κ3) is 1.89. The molecule has 2 aliphatic carbocycles. The van der Waals surface area contributed by atoms with E-state index in [2.05, 4.69) is 5.43 Å². The fourth-order valence-corrected chi connectivity index (χ4v) is 3.44. The number of nitrogens with two attached hydrogens (primary N) is 1. The molecule has 0 radical (unpaired) electrons. The summed E-state index contributed by atoms with van der Waals surface area (Å²) in [6.45, 7) is 0. The molecule has 1 aromatic rings. The van der Waals surface area contributed by atoms with Gasteiger partial charge in [-0.05, 0) is 43.1 Å². The normalized spacial score (nSPS) is 30.9. The third-order valence-corrected chi connectivity index (χ3v) is 4.48. The Morgan fingerprint density at radius 2 is 2.06 bits per heavy atom. The average molecular weight is 250 g/mol. The summed E-state index contributed by atoms with van der Waals surface area (Å²) in [5.74, 6) is 7.81. The molecule has 3 nitrogen and oxygen atoms in total. The Morgan fingerprint density at radius 3 is 2.67 bits per heavy atom. The molecule has 2 fully saturated rings. The highest BCUT2D eigenvalue weighted by atomic mass is 19.1. The molecule has 4 heteroatoms. The molecular weight excluding hydrogens is 231 g/mol. The first-order valence-corrected chi connectivity index (χ1v) is 6.53. The van der Waals surface area contributed by atoms with Crippen LogP contribution in [0, 0.1) is 23.6 Å². The molecule has 0 spiro atoms. The predicted molar refractivity (Wildman–Crippen MR) is 67.3 cm³/mol. The van der Waals surface area contributed by atoms with Crippen molar-refractivity contribution in [2.45, 2.75) is 25.3 Å². The fourth-order valence-electron chi connectivity index (χ4n) is 3.44. The van der Waals surface area contributed by atoms with Crippen molar-refractivity contribution in [2.24, 2.45) is 23.6 Å². The summed E-state index contributed by atoms with van der Waals surface area (Å²) in [7, 11) is 1.48. The zero-order chi connectivity index (χ0) is 12.7. The molecule has 98 valence electrons. The summed E-state index contributed by atoms with van der Waals surface area (Å²) < 4.78 is 19.3. The maximum Gasteiger partial charge on any atom is 0.169 e. The number of benzene rings is 1. The van der Waals surface area contributed by atoms with Crippen LogP contribution in [0.3, 0.4) is 0 Å².